The van der Waals surface area contributed by atoms with E-state index in [1.54, 1.807) is 11.3 Å². The van der Waals surface area contributed by atoms with Crippen molar-refractivity contribution >= 4 is 17.3 Å². The molecule has 1 aliphatic rings. The number of rotatable bonds is 4. The van der Waals surface area contributed by atoms with Crippen LogP contribution in [0.1, 0.15) is 57.5 Å². The van der Waals surface area contributed by atoms with Gasteiger partial charge in [0.1, 0.15) is 5.00 Å². The zero-order valence-electron chi connectivity index (χ0n) is 13.9. The maximum absolute atomic E-state index is 12.6. The zero-order valence-corrected chi connectivity index (χ0v) is 14.8. The van der Waals surface area contributed by atoms with E-state index in [0.717, 1.165) is 46.8 Å². The molecular formula is C18H23NO3S. The molecule has 2 aromatic rings. The zero-order chi connectivity index (χ0) is 16.6. The molecule has 0 saturated carbocycles. The molecule has 0 amide bonds. The Balaban J connectivity index is 2.21. The number of aromatic nitrogens is 1. The van der Waals surface area contributed by atoms with Crippen molar-refractivity contribution in [1.82, 2.24) is 4.57 Å². The Morgan fingerprint density at radius 3 is 2.74 bits per heavy atom. The highest BCUT2D eigenvalue weighted by Crippen LogP contribution is 2.39. The van der Waals surface area contributed by atoms with Gasteiger partial charge in [0.05, 0.1) is 18.8 Å². The lowest BCUT2D eigenvalue weighted by Crippen LogP contribution is -2.12. The van der Waals surface area contributed by atoms with Crippen molar-refractivity contribution < 1.29 is 14.6 Å². The third-order valence-corrected chi connectivity index (χ3v) is 5.82. The SMILES string of the molecule is CCOC(=O)c1c(-n2c(C)cc(CO)c2C)sc2c1CCCC2. The summed E-state index contributed by atoms with van der Waals surface area (Å²) >= 11 is 1.70. The van der Waals surface area contributed by atoms with Gasteiger partial charge in [-0.2, -0.15) is 0 Å². The maximum atomic E-state index is 12.6. The second-order valence-electron chi connectivity index (χ2n) is 6.00. The number of fused-ring (bicyclic) bond motifs is 1. The molecule has 0 radical (unpaired) electrons. The molecule has 2 aromatic heterocycles. The van der Waals surface area contributed by atoms with E-state index in [9.17, 15) is 9.90 Å². The van der Waals surface area contributed by atoms with Gasteiger partial charge < -0.3 is 14.4 Å². The highest BCUT2D eigenvalue weighted by atomic mass is 32.1. The quantitative estimate of drug-likeness (QED) is 0.868. The Bertz CT molecular complexity index is 742. The topological polar surface area (TPSA) is 51.5 Å². The first-order valence-electron chi connectivity index (χ1n) is 8.19. The summed E-state index contributed by atoms with van der Waals surface area (Å²) in [5.74, 6) is -0.222. The number of esters is 1. The van der Waals surface area contributed by atoms with Crippen molar-refractivity contribution in [2.45, 2.75) is 53.1 Å². The van der Waals surface area contributed by atoms with Crippen LogP contribution in [-0.4, -0.2) is 22.2 Å². The van der Waals surface area contributed by atoms with Gasteiger partial charge in [-0.05, 0) is 63.6 Å². The second kappa shape index (κ2) is 6.49. The fourth-order valence-electron chi connectivity index (χ4n) is 3.42. The first-order chi connectivity index (χ1) is 11.1. The van der Waals surface area contributed by atoms with Crippen LogP contribution in [0.4, 0.5) is 0 Å². The molecular weight excluding hydrogens is 310 g/mol. The Labute approximate surface area is 140 Å². The number of carbonyl (C=O) groups is 1. The highest BCUT2D eigenvalue weighted by Gasteiger charge is 2.28. The molecule has 0 unspecified atom stereocenters. The molecule has 4 nitrogen and oxygen atoms in total. The standard InChI is InChI=1S/C18H23NO3S/c1-4-22-18(21)16-14-7-5-6-8-15(14)23-17(16)19-11(2)9-13(10-20)12(19)3/h9,20H,4-8,10H2,1-3H3. The number of aliphatic hydroxyl groups is 1. The fourth-order valence-corrected chi connectivity index (χ4v) is 4.91. The molecule has 2 heterocycles. The average Bonchev–Trinajstić information content (AvgIpc) is 3.04. The average molecular weight is 333 g/mol. The molecule has 0 aromatic carbocycles. The van der Waals surface area contributed by atoms with Gasteiger partial charge in [-0.1, -0.05) is 0 Å². The normalized spacial score (nSPS) is 13.9. The Morgan fingerprint density at radius 2 is 2.09 bits per heavy atom. The number of ether oxygens (including phenoxy) is 1. The van der Waals surface area contributed by atoms with Gasteiger partial charge in [0.25, 0.3) is 0 Å². The van der Waals surface area contributed by atoms with E-state index < -0.39 is 0 Å². The molecule has 0 saturated heterocycles. The molecule has 3 rings (SSSR count). The summed E-state index contributed by atoms with van der Waals surface area (Å²) in [5, 5.41) is 10.5. The molecule has 0 atom stereocenters. The van der Waals surface area contributed by atoms with E-state index in [1.807, 2.05) is 26.8 Å². The predicted octanol–water partition coefficient (Wildman–Crippen LogP) is 3.70. The monoisotopic (exact) mass is 333 g/mol. The highest BCUT2D eigenvalue weighted by molar-refractivity contribution is 7.15. The Morgan fingerprint density at radius 1 is 1.35 bits per heavy atom. The van der Waals surface area contributed by atoms with E-state index >= 15 is 0 Å². The van der Waals surface area contributed by atoms with Crippen molar-refractivity contribution in [1.29, 1.82) is 0 Å². The van der Waals surface area contributed by atoms with E-state index in [4.69, 9.17) is 4.74 Å². The molecule has 0 aliphatic heterocycles. The lowest BCUT2D eigenvalue weighted by atomic mass is 9.95. The summed E-state index contributed by atoms with van der Waals surface area (Å²) in [6.45, 7) is 6.24. The molecule has 23 heavy (non-hydrogen) atoms. The van der Waals surface area contributed by atoms with Crippen LogP contribution in [0.5, 0.6) is 0 Å². The second-order valence-corrected chi connectivity index (χ2v) is 7.09. The van der Waals surface area contributed by atoms with E-state index in [0.29, 0.717) is 6.61 Å². The first kappa shape index (κ1) is 16.3. The largest absolute Gasteiger partial charge is 0.462 e. The molecule has 0 fully saturated rings. The van der Waals surface area contributed by atoms with Crippen LogP contribution in [0.3, 0.4) is 0 Å². The summed E-state index contributed by atoms with van der Waals surface area (Å²) < 4.78 is 7.43. The van der Waals surface area contributed by atoms with Gasteiger partial charge in [-0.3, -0.25) is 0 Å². The van der Waals surface area contributed by atoms with Crippen LogP contribution in [0.2, 0.25) is 0 Å². The number of hydrogen-bond donors (Lipinski definition) is 1. The Hall–Kier alpha value is -1.59. The minimum Gasteiger partial charge on any atom is -0.462 e. The van der Waals surface area contributed by atoms with Gasteiger partial charge in [0, 0.05) is 16.3 Å². The molecule has 124 valence electrons. The summed E-state index contributed by atoms with van der Waals surface area (Å²) in [6, 6.07) is 1.99. The van der Waals surface area contributed by atoms with E-state index in [2.05, 4.69) is 4.57 Å². The van der Waals surface area contributed by atoms with Gasteiger partial charge >= 0.3 is 5.97 Å². The number of aliphatic hydroxyl groups excluding tert-OH is 1. The van der Waals surface area contributed by atoms with E-state index in [-0.39, 0.29) is 12.6 Å². The van der Waals surface area contributed by atoms with E-state index in [1.165, 1.54) is 16.9 Å². The van der Waals surface area contributed by atoms with Crippen molar-refractivity contribution in [2.75, 3.05) is 6.61 Å². The summed E-state index contributed by atoms with van der Waals surface area (Å²) in [6.07, 6.45) is 4.30. The lowest BCUT2D eigenvalue weighted by Gasteiger charge is -2.13. The van der Waals surface area contributed by atoms with Crippen LogP contribution in [0, 0.1) is 13.8 Å². The van der Waals surface area contributed by atoms with Crippen molar-refractivity contribution in [3.05, 3.63) is 39.0 Å². The van der Waals surface area contributed by atoms with Crippen molar-refractivity contribution in [2.24, 2.45) is 0 Å². The van der Waals surface area contributed by atoms with Gasteiger partial charge in [-0.25, -0.2) is 4.79 Å². The number of thiophene rings is 1. The smallest absolute Gasteiger partial charge is 0.341 e. The third kappa shape index (κ3) is 2.72. The molecule has 0 bridgehead atoms. The molecule has 1 N–H and O–H groups in total. The van der Waals surface area contributed by atoms with Crippen LogP contribution in [0.25, 0.3) is 5.00 Å². The fraction of sp³-hybridized carbons (Fsp3) is 0.500. The molecule has 5 heteroatoms. The predicted molar refractivity (Wildman–Crippen MR) is 91.6 cm³/mol. The van der Waals surface area contributed by atoms with Crippen LogP contribution < -0.4 is 0 Å². The van der Waals surface area contributed by atoms with Crippen LogP contribution in [-0.2, 0) is 24.2 Å². The minimum atomic E-state index is -0.222. The maximum Gasteiger partial charge on any atom is 0.341 e. The number of aryl methyl sites for hydroxylation is 2. The third-order valence-electron chi connectivity index (χ3n) is 4.54. The molecule has 1 aliphatic carbocycles. The molecule has 0 spiro atoms. The van der Waals surface area contributed by atoms with Gasteiger partial charge in [0.15, 0.2) is 0 Å². The number of hydrogen-bond acceptors (Lipinski definition) is 4. The van der Waals surface area contributed by atoms with Crippen LogP contribution in [0.15, 0.2) is 6.07 Å². The summed E-state index contributed by atoms with van der Waals surface area (Å²) in [4.78, 5) is 13.9. The van der Waals surface area contributed by atoms with Crippen molar-refractivity contribution in [3.8, 4) is 5.00 Å². The minimum absolute atomic E-state index is 0.0134. The van der Waals surface area contributed by atoms with Crippen molar-refractivity contribution in [3.63, 3.8) is 0 Å². The summed E-state index contributed by atoms with van der Waals surface area (Å²) in [7, 11) is 0. The number of nitrogens with zero attached hydrogens (tertiary/aromatic N) is 1. The lowest BCUT2D eigenvalue weighted by molar-refractivity contribution is 0.0525. The van der Waals surface area contributed by atoms with Gasteiger partial charge in [-0.15, -0.1) is 11.3 Å². The summed E-state index contributed by atoms with van der Waals surface area (Å²) in [5.41, 5.74) is 4.85. The van der Waals surface area contributed by atoms with Gasteiger partial charge in [0.2, 0.25) is 0 Å². The first-order valence-corrected chi connectivity index (χ1v) is 9.00. The Kier molecular flexibility index (Phi) is 4.60. The van der Waals surface area contributed by atoms with Crippen LogP contribution >= 0.6 is 11.3 Å². The number of carbonyl (C=O) groups excluding carboxylic acids is 1.